The highest BCUT2D eigenvalue weighted by Crippen LogP contribution is 2.43. The van der Waals surface area contributed by atoms with Crippen molar-refractivity contribution in [2.75, 3.05) is 40.9 Å². The summed E-state index contributed by atoms with van der Waals surface area (Å²) >= 11 is 0. The van der Waals surface area contributed by atoms with Crippen LogP contribution in [0.3, 0.4) is 0 Å². The molecule has 0 aromatic carbocycles. The SMILES string of the molecule is CCCCC/C=C\C/C=C\C/C=C\C/C=C\CCCCCCCC(=O)NC(COP(=O)(O)OCC[N+](C)(C)C)C(/C=C/CCCCCCCCCCCCC)OC(=O)CCCCCCCCCCC/C=C/CCCCCCCC. The molecule has 3 atom stereocenters. The Morgan fingerprint density at radius 2 is 0.772 bits per heavy atom. The molecule has 0 aliphatic rings. The van der Waals surface area contributed by atoms with Gasteiger partial charge in [0.05, 0.1) is 33.8 Å². The number of phosphoric ester groups is 1. The van der Waals surface area contributed by atoms with Crippen LogP contribution >= 0.6 is 7.82 Å². The molecule has 0 aliphatic heterocycles. The number of nitrogens with one attached hydrogen (secondary N) is 1. The van der Waals surface area contributed by atoms with Crippen molar-refractivity contribution >= 4 is 19.7 Å². The molecule has 0 saturated carbocycles. The van der Waals surface area contributed by atoms with Gasteiger partial charge in [-0.05, 0) is 102 Å². The zero-order valence-corrected chi connectivity index (χ0v) is 53.5. The number of allylic oxidation sites excluding steroid dienone is 11. The molecular weight excluding hydrogens is 1000 g/mol. The average Bonchev–Trinajstić information content (AvgIpc) is 3.41. The molecule has 0 saturated heterocycles. The van der Waals surface area contributed by atoms with Crippen LogP contribution in [0.2, 0.25) is 0 Å². The largest absolute Gasteiger partial charge is 0.472 e. The summed E-state index contributed by atoms with van der Waals surface area (Å²) in [5.74, 6) is -0.522. The third-order valence-corrected chi connectivity index (χ3v) is 15.6. The van der Waals surface area contributed by atoms with E-state index >= 15 is 0 Å². The number of rotatable bonds is 60. The minimum absolute atomic E-state index is 0.0341. The predicted octanol–water partition coefficient (Wildman–Crippen LogP) is 20.8. The molecule has 0 fully saturated rings. The Labute approximate surface area is 489 Å². The average molecular weight is 1130 g/mol. The van der Waals surface area contributed by atoms with Gasteiger partial charge in [0.1, 0.15) is 19.3 Å². The number of nitrogens with zero attached hydrogens (tertiary/aromatic N) is 1. The van der Waals surface area contributed by atoms with E-state index in [9.17, 15) is 19.0 Å². The molecule has 1 amide bonds. The van der Waals surface area contributed by atoms with Gasteiger partial charge in [-0.15, -0.1) is 0 Å². The van der Waals surface area contributed by atoms with E-state index in [-0.39, 0.29) is 31.5 Å². The number of carbonyl (C=O) groups is 2. The Morgan fingerprint density at radius 3 is 1.19 bits per heavy atom. The quantitative estimate of drug-likeness (QED) is 0.0205. The van der Waals surface area contributed by atoms with Gasteiger partial charge in [0.15, 0.2) is 0 Å². The summed E-state index contributed by atoms with van der Waals surface area (Å²) in [5, 5.41) is 3.06. The number of quaternary nitrogens is 1. The topological polar surface area (TPSA) is 111 Å². The van der Waals surface area contributed by atoms with Crippen LogP contribution in [0.15, 0.2) is 72.9 Å². The van der Waals surface area contributed by atoms with E-state index < -0.39 is 20.0 Å². The van der Waals surface area contributed by atoms with Crippen LogP contribution in [0, 0.1) is 0 Å². The van der Waals surface area contributed by atoms with E-state index in [1.165, 1.54) is 173 Å². The van der Waals surface area contributed by atoms with Crippen molar-refractivity contribution in [3.8, 4) is 0 Å². The molecule has 0 bridgehead atoms. The molecule has 0 heterocycles. The molecule has 3 unspecified atom stereocenters. The number of phosphoric acid groups is 1. The number of unbranched alkanes of at least 4 members (excludes halogenated alkanes) is 34. The van der Waals surface area contributed by atoms with Gasteiger partial charge < -0.3 is 19.4 Å². The van der Waals surface area contributed by atoms with Gasteiger partial charge in [0.2, 0.25) is 5.91 Å². The van der Waals surface area contributed by atoms with E-state index in [0.717, 1.165) is 96.3 Å². The summed E-state index contributed by atoms with van der Waals surface area (Å²) in [5.41, 5.74) is 0. The summed E-state index contributed by atoms with van der Waals surface area (Å²) in [6.07, 6.45) is 76.1. The first-order valence-electron chi connectivity index (χ1n) is 33.3. The van der Waals surface area contributed by atoms with Crippen molar-refractivity contribution in [3.63, 3.8) is 0 Å². The molecular formula is C69H128N2O7P+. The molecule has 0 aromatic heterocycles. The van der Waals surface area contributed by atoms with Crippen molar-refractivity contribution in [2.24, 2.45) is 0 Å². The van der Waals surface area contributed by atoms with Crippen LogP contribution in [-0.4, -0.2) is 74.3 Å². The van der Waals surface area contributed by atoms with Crippen LogP contribution in [0.5, 0.6) is 0 Å². The molecule has 0 aromatic rings. The molecule has 0 spiro atoms. The van der Waals surface area contributed by atoms with Crippen LogP contribution in [0.1, 0.15) is 303 Å². The van der Waals surface area contributed by atoms with Crippen LogP contribution in [-0.2, 0) is 27.9 Å². The molecule has 0 aliphatic carbocycles. The maximum atomic E-state index is 13.6. The molecule has 9 nitrogen and oxygen atoms in total. The molecule has 10 heteroatoms. The summed E-state index contributed by atoms with van der Waals surface area (Å²) < 4.78 is 30.8. The van der Waals surface area contributed by atoms with Crippen molar-refractivity contribution in [2.45, 2.75) is 315 Å². The fourth-order valence-corrected chi connectivity index (χ4v) is 10.2. The van der Waals surface area contributed by atoms with E-state index in [1.54, 1.807) is 0 Å². The lowest BCUT2D eigenvalue weighted by Gasteiger charge is -2.27. The van der Waals surface area contributed by atoms with E-state index in [1.807, 2.05) is 33.3 Å². The smallest absolute Gasteiger partial charge is 0.456 e. The van der Waals surface area contributed by atoms with Crippen LogP contribution in [0.25, 0.3) is 0 Å². The Morgan fingerprint density at radius 1 is 0.443 bits per heavy atom. The molecule has 0 rings (SSSR count). The van der Waals surface area contributed by atoms with Gasteiger partial charge in [-0.1, -0.05) is 261 Å². The lowest BCUT2D eigenvalue weighted by molar-refractivity contribution is -0.870. The maximum Gasteiger partial charge on any atom is 0.472 e. The van der Waals surface area contributed by atoms with E-state index in [2.05, 4.69) is 86.8 Å². The van der Waals surface area contributed by atoms with Crippen LogP contribution in [0.4, 0.5) is 0 Å². The van der Waals surface area contributed by atoms with Crippen molar-refractivity contribution in [3.05, 3.63) is 72.9 Å². The number of hydrogen-bond acceptors (Lipinski definition) is 6. The lowest BCUT2D eigenvalue weighted by Crippen LogP contribution is -2.47. The highest BCUT2D eigenvalue weighted by atomic mass is 31.2. The Hall–Kier alpha value is -2.55. The van der Waals surface area contributed by atoms with E-state index in [4.69, 9.17) is 13.8 Å². The first kappa shape index (κ1) is 76.5. The molecule has 79 heavy (non-hydrogen) atoms. The Kier molecular flexibility index (Phi) is 56.7. The summed E-state index contributed by atoms with van der Waals surface area (Å²) in [6.45, 7) is 6.99. The second-order valence-corrected chi connectivity index (χ2v) is 25.1. The second-order valence-electron chi connectivity index (χ2n) is 23.6. The van der Waals surface area contributed by atoms with Gasteiger partial charge >= 0.3 is 13.8 Å². The Bertz CT molecular complexity index is 1580. The fraction of sp³-hybridized carbons (Fsp3) is 0.797. The summed E-state index contributed by atoms with van der Waals surface area (Å²) in [6, 6.07) is -0.862. The van der Waals surface area contributed by atoms with Gasteiger partial charge in [0, 0.05) is 12.8 Å². The minimum Gasteiger partial charge on any atom is -0.456 e. The molecule has 2 N–H and O–H groups in total. The number of carbonyl (C=O) groups excluding carboxylic acids is 2. The number of hydrogen-bond donors (Lipinski definition) is 2. The first-order chi connectivity index (χ1) is 38.4. The fourth-order valence-electron chi connectivity index (χ4n) is 9.45. The van der Waals surface area contributed by atoms with Gasteiger partial charge in [-0.25, -0.2) is 4.57 Å². The zero-order chi connectivity index (χ0) is 57.9. The first-order valence-corrected chi connectivity index (χ1v) is 34.8. The van der Waals surface area contributed by atoms with Gasteiger partial charge in [0.25, 0.3) is 0 Å². The standard InChI is InChI=1S/C69H127N2O7P/c1-7-10-13-16-19-22-25-28-30-32-34-35-37-38-40-43-46-49-52-55-58-61-68(72)70-66(65-77-79(74,75)76-64-63-71(4,5)6)67(60-57-54-51-48-45-42-27-24-21-18-15-12-9-3)78-69(73)62-59-56-53-50-47-44-41-39-36-33-31-29-26-23-20-17-14-11-8-2/h19,22,28-31,34-35,38,40,57,60,66-67H,7-18,20-21,23-27,32-33,36-37,39,41-56,58-59,61-65H2,1-6H3,(H-,70,72,74,75)/p+1/b22-19-,30-28-,31-29+,35-34-,40-38-,60-57+. The normalized spacial score (nSPS) is 14.1. The van der Waals surface area contributed by atoms with Gasteiger partial charge in [-0.2, -0.15) is 0 Å². The highest BCUT2D eigenvalue weighted by Gasteiger charge is 2.30. The Balaban J connectivity index is 5.26. The van der Waals surface area contributed by atoms with E-state index in [0.29, 0.717) is 17.4 Å². The third kappa shape index (κ3) is 59.9. The predicted molar refractivity (Wildman–Crippen MR) is 341 cm³/mol. The molecule has 0 radical (unpaired) electrons. The monoisotopic (exact) mass is 1130 g/mol. The number of likely N-dealkylation sites (N-methyl/N-ethyl adjacent to an activating group) is 1. The van der Waals surface area contributed by atoms with Crippen molar-refractivity contribution in [1.29, 1.82) is 0 Å². The van der Waals surface area contributed by atoms with Crippen molar-refractivity contribution in [1.82, 2.24) is 5.32 Å². The summed E-state index contributed by atoms with van der Waals surface area (Å²) in [7, 11) is 1.48. The lowest BCUT2D eigenvalue weighted by atomic mass is 10.0. The summed E-state index contributed by atoms with van der Waals surface area (Å²) in [4.78, 5) is 37.8. The van der Waals surface area contributed by atoms with Gasteiger partial charge in [-0.3, -0.25) is 18.6 Å². The van der Waals surface area contributed by atoms with Crippen LogP contribution < -0.4 is 5.32 Å². The third-order valence-electron chi connectivity index (χ3n) is 14.6. The minimum atomic E-state index is -4.46. The second kappa shape index (κ2) is 58.6. The van der Waals surface area contributed by atoms with Crippen molar-refractivity contribution < 1.29 is 37.3 Å². The highest BCUT2D eigenvalue weighted by molar-refractivity contribution is 7.47. The number of esters is 1. The maximum absolute atomic E-state index is 13.6. The zero-order valence-electron chi connectivity index (χ0n) is 52.6. The number of amides is 1. The number of ether oxygens (including phenoxy) is 1. The molecule has 460 valence electrons.